The van der Waals surface area contributed by atoms with Crippen LogP contribution in [0.1, 0.15) is 33.8 Å². The summed E-state index contributed by atoms with van der Waals surface area (Å²) in [5, 5.41) is 2.81. The molecule has 0 atom stereocenters. The molecule has 0 unspecified atom stereocenters. The van der Waals surface area contributed by atoms with E-state index in [9.17, 15) is 9.59 Å². The third kappa shape index (κ3) is 2.98. The molecule has 128 valence electrons. The predicted octanol–water partition coefficient (Wildman–Crippen LogP) is 3.61. The average Bonchev–Trinajstić information content (AvgIpc) is 3.01. The molecule has 3 aromatic rings. The van der Waals surface area contributed by atoms with E-state index in [0.717, 1.165) is 36.3 Å². The first-order valence-electron chi connectivity index (χ1n) is 8.15. The van der Waals surface area contributed by atoms with Crippen molar-refractivity contribution in [3.05, 3.63) is 57.0 Å². The monoisotopic (exact) mass is 371 g/mol. The summed E-state index contributed by atoms with van der Waals surface area (Å²) in [4.78, 5) is 32.8. The Morgan fingerprint density at radius 3 is 3.00 bits per heavy atom. The van der Waals surface area contributed by atoms with Gasteiger partial charge in [0.1, 0.15) is 5.56 Å². The zero-order valence-electron chi connectivity index (χ0n) is 13.7. The molecule has 0 fully saturated rings. The number of carbonyl (C=O) groups is 1. The molecule has 2 aromatic heterocycles. The third-order valence-corrected chi connectivity index (χ3v) is 6.26. The van der Waals surface area contributed by atoms with Crippen LogP contribution in [0, 0.1) is 0 Å². The lowest BCUT2D eigenvalue weighted by atomic mass is 10.0. The Hall–Kier alpha value is -2.12. The Morgan fingerprint density at radius 2 is 2.16 bits per heavy atom. The largest absolute Gasteiger partial charge is 0.322 e. The number of benzene rings is 1. The van der Waals surface area contributed by atoms with Crippen molar-refractivity contribution in [1.29, 1.82) is 0 Å². The maximum absolute atomic E-state index is 12.9. The van der Waals surface area contributed by atoms with E-state index in [1.807, 2.05) is 30.5 Å². The number of nitrogens with zero attached hydrogens (tertiary/aromatic N) is 2. The third-order valence-electron chi connectivity index (χ3n) is 4.37. The van der Waals surface area contributed by atoms with E-state index in [1.54, 1.807) is 27.5 Å². The van der Waals surface area contributed by atoms with Crippen LogP contribution in [0.2, 0.25) is 0 Å². The number of aryl methyl sites for hydroxylation is 2. The van der Waals surface area contributed by atoms with Crippen molar-refractivity contribution in [1.82, 2.24) is 9.38 Å². The molecule has 1 amide bonds. The second kappa shape index (κ2) is 6.65. The molecule has 1 aliphatic rings. The van der Waals surface area contributed by atoms with E-state index in [4.69, 9.17) is 0 Å². The van der Waals surface area contributed by atoms with Gasteiger partial charge in [-0.25, -0.2) is 4.98 Å². The van der Waals surface area contributed by atoms with E-state index >= 15 is 0 Å². The summed E-state index contributed by atoms with van der Waals surface area (Å²) >= 11 is 3.16. The Morgan fingerprint density at radius 1 is 1.32 bits per heavy atom. The minimum absolute atomic E-state index is 0.0817. The van der Waals surface area contributed by atoms with Crippen LogP contribution >= 0.6 is 23.1 Å². The van der Waals surface area contributed by atoms with Crippen molar-refractivity contribution in [3.8, 4) is 0 Å². The number of hydrogen-bond acceptors (Lipinski definition) is 5. The Bertz CT molecular complexity index is 1020. The topological polar surface area (TPSA) is 63.5 Å². The number of nitrogens with one attached hydrogen (secondary N) is 1. The van der Waals surface area contributed by atoms with Gasteiger partial charge in [0.05, 0.1) is 0 Å². The Balaban J connectivity index is 1.72. The van der Waals surface area contributed by atoms with Gasteiger partial charge in [-0.1, -0.05) is 6.07 Å². The van der Waals surface area contributed by atoms with E-state index in [1.165, 1.54) is 11.1 Å². The lowest BCUT2D eigenvalue weighted by molar-refractivity contribution is 0.102. The second-order valence-corrected chi connectivity index (χ2v) is 7.90. The summed E-state index contributed by atoms with van der Waals surface area (Å²) in [5.74, 6) is -0.416. The maximum atomic E-state index is 12.9. The number of anilines is 1. The highest BCUT2D eigenvalue weighted by molar-refractivity contribution is 7.98. The number of hydrogen-bond donors (Lipinski definition) is 1. The predicted molar refractivity (Wildman–Crippen MR) is 102 cm³/mol. The van der Waals surface area contributed by atoms with Gasteiger partial charge in [-0.05, 0) is 50.1 Å². The van der Waals surface area contributed by atoms with Crippen molar-refractivity contribution in [2.45, 2.75) is 30.6 Å². The molecule has 1 N–H and O–H groups in total. The zero-order chi connectivity index (χ0) is 17.4. The van der Waals surface area contributed by atoms with E-state index in [2.05, 4.69) is 10.3 Å². The molecule has 25 heavy (non-hydrogen) atoms. The highest BCUT2D eigenvalue weighted by Gasteiger charge is 2.21. The molecule has 5 nitrogen and oxygen atoms in total. The number of thiazole rings is 1. The SMILES string of the molecule is CSc1cccc(NC(=O)c2cnc3sc4c(n3c2=O)CCCC4)c1. The van der Waals surface area contributed by atoms with Crippen LogP contribution in [0.5, 0.6) is 0 Å². The molecule has 2 heterocycles. The molecule has 0 aliphatic heterocycles. The van der Waals surface area contributed by atoms with Crippen molar-refractivity contribution in [2.75, 3.05) is 11.6 Å². The van der Waals surface area contributed by atoms with Crippen LogP contribution < -0.4 is 10.9 Å². The first-order valence-corrected chi connectivity index (χ1v) is 10.2. The van der Waals surface area contributed by atoms with Gasteiger partial charge in [0.2, 0.25) is 0 Å². The number of carbonyl (C=O) groups excluding carboxylic acids is 1. The van der Waals surface area contributed by atoms with Gasteiger partial charge in [0.25, 0.3) is 11.5 Å². The molecule has 1 aliphatic carbocycles. The summed E-state index contributed by atoms with van der Waals surface area (Å²) in [5.41, 5.74) is 1.51. The first kappa shape index (κ1) is 16.4. The number of aromatic nitrogens is 2. The van der Waals surface area contributed by atoms with E-state index < -0.39 is 5.91 Å². The molecule has 0 saturated heterocycles. The van der Waals surface area contributed by atoms with Gasteiger partial charge >= 0.3 is 0 Å². The zero-order valence-corrected chi connectivity index (χ0v) is 15.4. The summed E-state index contributed by atoms with van der Waals surface area (Å²) in [6.45, 7) is 0. The number of rotatable bonds is 3. The van der Waals surface area contributed by atoms with Crippen LogP contribution in [-0.2, 0) is 12.8 Å². The summed E-state index contributed by atoms with van der Waals surface area (Å²) in [6.07, 6.45) is 7.46. The molecule has 0 saturated carbocycles. The smallest absolute Gasteiger partial charge is 0.271 e. The van der Waals surface area contributed by atoms with Gasteiger partial charge in [-0.3, -0.25) is 14.0 Å². The van der Waals surface area contributed by atoms with E-state index in [0.29, 0.717) is 10.6 Å². The van der Waals surface area contributed by atoms with Crippen LogP contribution in [0.4, 0.5) is 5.69 Å². The molecule has 0 spiro atoms. The molecular formula is C18H17N3O2S2. The van der Waals surface area contributed by atoms with Gasteiger partial charge in [0, 0.05) is 27.4 Å². The molecule has 4 rings (SSSR count). The van der Waals surface area contributed by atoms with E-state index in [-0.39, 0.29) is 11.1 Å². The van der Waals surface area contributed by atoms with Crippen LogP contribution in [0.25, 0.3) is 4.96 Å². The standard InChI is InChI=1S/C18H17N3O2S2/c1-24-12-6-4-5-11(9-12)20-16(22)13-10-19-18-21(17(13)23)14-7-2-3-8-15(14)25-18/h4-6,9-10H,2-3,7-8H2,1H3,(H,20,22). The maximum Gasteiger partial charge on any atom is 0.271 e. The van der Waals surface area contributed by atoms with Gasteiger partial charge in [-0.15, -0.1) is 23.1 Å². The number of amides is 1. The molecule has 1 aromatic carbocycles. The highest BCUT2D eigenvalue weighted by atomic mass is 32.2. The van der Waals surface area contributed by atoms with Gasteiger partial charge < -0.3 is 5.32 Å². The van der Waals surface area contributed by atoms with Crippen LogP contribution in [-0.4, -0.2) is 21.5 Å². The fraction of sp³-hybridized carbons (Fsp3) is 0.278. The Kier molecular flexibility index (Phi) is 4.35. The molecule has 0 bridgehead atoms. The summed E-state index contributed by atoms with van der Waals surface area (Å²) in [6, 6.07) is 7.55. The molecule has 7 heteroatoms. The summed E-state index contributed by atoms with van der Waals surface area (Å²) < 4.78 is 1.63. The fourth-order valence-electron chi connectivity index (χ4n) is 3.12. The normalized spacial score (nSPS) is 13.6. The van der Waals surface area contributed by atoms with Crippen molar-refractivity contribution in [2.24, 2.45) is 0 Å². The lowest BCUT2D eigenvalue weighted by Gasteiger charge is -2.10. The van der Waals surface area contributed by atoms with Crippen molar-refractivity contribution in [3.63, 3.8) is 0 Å². The van der Waals surface area contributed by atoms with Crippen LogP contribution in [0.15, 0.2) is 40.2 Å². The van der Waals surface area contributed by atoms with Gasteiger partial charge in [-0.2, -0.15) is 0 Å². The van der Waals surface area contributed by atoms with Crippen molar-refractivity contribution >= 4 is 39.7 Å². The summed E-state index contributed by atoms with van der Waals surface area (Å²) in [7, 11) is 0. The van der Waals surface area contributed by atoms with Crippen LogP contribution in [0.3, 0.4) is 0 Å². The highest BCUT2D eigenvalue weighted by Crippen LogP contribution is 2.28. The van der Waals surface area contributed by atoms with Gasteiger partial charge in [0.15, 0.2) is 4.96 Å². The lowest BCUT2D eigenvalue weighted by Crippen LogP contribution is -2.27. The number of thioether (sulfide) groups is 1. The van der Waals surface area contributed by atoms with Crippen molar-refractivity contribution < 1.29 is 4.79 Å². The minimum atomic E-state index is -0.416. The molecular weight excluding hydrogens is 354 g/mol. The second-order valence-electron chi connectivity index (χ2n) is 5.96. The fourth-order valence-corrected chi connectivity index (χ4v) is 4.75. The number of fused-ring (bicyclic) bond motifs is 3. The minimum Gasteiger partial charge on any atom is -0.322 e. The first-order chi connectivity index (χ1) is 12.2. The average molecular weight is 371 g/mol. The quantitative estimate of drug-likeness (QED) is 0.715. The Labute approximate surface area is 153 Å². The molecule has 0 radical (unpaired) electrons.